The van der Waals surface area contributed by atoms with Crippen molar-refractivity contribution in [3.8, 4) is 0 Å². The van der Waals surface area contributed by atoms with E-state index in [1.807, 2.05) is 21.0 Å². The van der Waals surface area contributed by atoms with Gasteiger partial charge in [-0.05, 0) is 39.7 Å². The van der Waals surface area contributed by atoms with Gasteiger partial charge in [0.15, 0.2) is 0 Å². The molecule has 0 aromatic carbocycles. The number of pyridine rings is 1. The van der Waals surface area contributed by atoms with Crippen LogP contribution in [0.15, 0.2) is 18.5 Å². The van der Waals surface area contributed by atoms with Crippen molar-refractivity contribution < 1.29 is 4.39 Å². The minimum atomic E-state index is -0.229. The minimum Gasteiger partial charge on any atom is -0.310 e. The van der Waals surface area contributed by atoms with Gasteiger partial charge < -0.3 is 10.2 Å². The number of halogens is 1. The van der Waals surface area contributed by atoms with Crippen molar-refractivity contribution in [1.82, 2.24) is 15.2 Å². The lowest BCUT2D eigenvalue weighted by atomic mass is 10.0. The number of hydrogen-bond donors (Lipinski definition) is 1. The van der Waals surface area contributed by atoms with Gasteiger partial charge in [-0.15, -0.1) is 0 Å². The van der Waals surface area contributed by atoms with Crippen LogP contribution in [0.3, 0.4) is 0 Å². The molecule has 1 heterocycles. The Labute approximate surface area is 96.7 Å². The third kappa shape index (κ3) is 3.87. The summed E-state index contributed by atoms with van der Waals surface area (Å²) in [7, 11) is 4.04. The van der Waals surface area contributed by atoms with Crippen LogP contribution in [0.2, 0.25) is 0 Å². The van der Waals surface area contributed by atoms with Gasteiger partial charge in [0.05, 0.1) is 6.20 Å². The number of rotatable bonds is 6. The fourth-order valence-corrected chi connectivity index (χ4v) is 1.67. The molecule has 0 amide bonds. The van der Waals surface area contributed by atoms with Crippen molar-refractivity contribution in [2.45, 2.75) is 19.4 Å². The van der Waals surface area contributed by atoms with E-state index in [1.165, 1.54) is 6.20 Å². The van der Waals surface area contributed by atoms with Crippen molar-refractivity contribution in [3.05, 3.63) is 29.8 Å². The van der Waals surface area contributed by atoms with Gasteiger partial charge in [0.25, 0.3) is 0 Å². The third-order valence-electron chi connectivity index (χ3n) is 2.49. The molecule has 90 valence electrons. The Morgan fingerprint density at radius 1 is 1.50 bits per heavy atom. The van der Waals surface area contributed by atoms with Gasteiger partial charge in [-0.3, -0.25) is 4.98 Å². The molecule has 0 radical (unpaired) electrons. The summed E-state index contributed by atoms with van der Waals surface area (Å²) in [5, 5.41) is 3.30. The van der Waals surface area contributed by atoms with E-state index in [9.17, 15) is 4.39 Å². The van der Waals surface area contributed by atoms with Crippen LogP contribution < -0.4 is 5.32 Å². The van der Waals surface area contributed by atoms with E-state index in [1.54, 1.807) is 12.3 Å². The fourth-order valence-electron chi connectivity index (χ4n) is 1.67. The molecule has 4 heteroatoms. The summed E-state index contributed by atoms with van der Waals surface area (Å²) < 4.78 is 13.6. The van der Waals surface area contributed by atoms with E-state index in [0.717, 1.165) is 19.5 Å². The maximum atomic E-state index is 13.6. The van der Waals surface area contributed by atoms with Crippen molar-refractivity contribution in [2.75, 3.05) is 27.2 Å². The Bertz CT molecular complexity index is 315. The van der Waals surface area contributed by atoms with Gasteiger partial charge in [-0.1, -0.05) is 6.92 Å². The first-order valence-electron chi connectivity index (χ1n) is 5.62. The molecule has 3 nitrogen and oxygen atoms in total. The molecule has 1 N–H and O–H groups in total. The highest BCUT2D eigenvalue weighted by molar-refractivity contribution is 5.17. The van der Waals surface area contributed by atoms with E-state index < -0.39 is 0 Å². The van der Waals surface area contributed by atoms with E-state index >= 15 is 0 Å². The largest absolute Gasteiger partial charge is 0.310 e. The molecule has 1 aromatic heterocycles. The molecule has 0 aliphatic heterocycles. The van der Waals surface area contributed by atoms with Crippen LogP contribution in [-0.4, -0.2) is 37.1 Å². The Kier molecular flexibility index (Phi) is 5.35. The lowest BCUT2D eigenvalue weighted by Gasteiger charge is -2.20. The molecule has 1 rings (SSSR count). The maximum Gasteiger partial charge on any atom is 0.146 e. The second kappa shape index (κ2) is 6.55. The minimum absolute atomic E-state index is 0.0652. The fraction of sp³-hybridized carbons (Fsp3) is 0.583. The summed E-state index contributed by atoms with van der Waals surface area (Å²) in [5.74, 6) is -0.229. The zero-order valence-electron chi connectivity index (χ0n) is 10.2. The molecule has 1 unspecified atom stereocenters. The Morgan fingerprint density at radius 3 is 2.81 bits per heavy atom. The molecule has 0 bridgehead atoms. The monoisotopic (exact) mass is 225 g/mol. The van der Waals surface area contributed by atoms with Crippen molar-refractivity contribution in [2.24, 2.45) is 0 Å². The van der Waals surface area contributed by atoms with Crippen LogP contribution in [-0.2, 0) is 0 Å². The average molecular weight is 225 g/mol. The summed E-state index contributed by atoms with van der Waals surface area (Å²) in [6.45, 7) is 3.79. The van der Waals surface area contributed by atoms with Crippen LogP contribution in [0.5, 0.6) is 0 Å². The molecule has 0 aliphatic carbocycles. The summed E-state index contributed by atoms with van der Waals surface area (Å²) >= 11 is 0. The summed E-state index contributed by atoms with van der Waals surface area (Å²) in [6, 6.07) is 1.81. The average Bonchev–Trinajstić information content (AvgIpc) is 2.25. The molecule has 1 aromatic rings. The van der Waals surface area contributed by atoms with Gasteiger partial charge in [-0.25, -0.2) is 4.39 Å². The number of nitrogens with zero attached hydrogens (tertiary/aromatic N) is 2. The smallest absolute Gasteiger partial charge is 0.146 e. The quantitative estimate of drug-likeness (QED) is 0.800. The predicted molar refractivity (Wildman–Crippen MR) is 63.8 cm³/mol. The molecule has 0 fully saturated rings. The first-order valence-corrected chi connectivity index (χ1v) is 5.62. The van der Waals surface area contributed by atoms with Crippen LogP contribution >= 0.6 is 0 Å². The van der Waals surface area contributed by atoms with Gasteiger partial charge in [0, 0.05) is 17.8 Å². The van der Waals surface area contributed by atoms with Crippen molar-refractivity contribution in [3.63, 3.8) is 0 Å². The van der Waals surface area contributed by atoms with Gasteiger partial charge in [0.2, 0.25) is 0 Å². The predicted octanol–water partition coefficient (Wildman–Crippen LogP) is 1.82. The molecular weight excluding hydrogens is 205 g/mol. The number of aromatic nitrogens is 1. The molecular formula is C12H20FN3. The first-order chi connectivity index (χ1) is 7.65. The van der Waals surface area contributed by atoms with Crippen molar-refractivity contribution in [1.29, 1.82) is 0 Å². The second-order valence-electron chi connectivity index (χ2n) is 4.10. The Hall–Kier alpha value is -1.00. The summed E-state index contributed by atoms with van der Waals surface area (Å²) in [4.78, 5) is 5.87. The number of hydrogen-bond acceptors (Lipinski definition) is 3. The Balaban J connectivity index is 2.73. The zero-order valence-corrected chi connectivity index (χ0v) is 10.2. The second-order valence-corrected chi connectivity index (χ2v) is 4.10. The summed E-state index contributed by atoms with van der Waals surface area (Å²) in [5.41, 5.74) is 0.707. The standard InChI is InChI=1S/C12H20FN3/c1-4-15-12(6-8-16(2)3)10-5-7-14-9-11(10)13/h5,7,9,12,15H,4,6,8H2,1-3H3. The first kappa shape index (κ1) is 13.1. The number of nitrogens with one attached hydrogen (secondary N) is 1. The van der Waals surface area contributed by atoms with Gasteiger partial charge in [0.1, 0.15) is 5.82 Å². The van der Waals surface area contributed by atoms with E-state index in [2.05, 4.69) is 15.2 Å². The maximum absolute atomic E-state index is 13.6. The van der Waals surface area contributed by atoms with Crippen LogP contribution in [0.1, 0.15) is 24.9 Å². The molecule has 0 spiro atoms. The van der Waals surface area contributed by atoms with Crippen LogP contribution in [0.25, 0.3) is 0 Å². The lowest BCUT2D eigenvalue weighted by Crippen LogP contribution is -2.26. The van der Waals surface area contributed by atoms with Crippen LogP contribution in [0, 0.1) is 5.82 Å². The molecule has 16 heavy (non-hydrogen) atoms. The van der Waals surface area contributed by atoms with E-state index in [0.29, 0.717) is 5.56 Å². The SMILES string of the molecule is CCNC(CCN(C)C)c1ccncc1F. The van der Waals surface area contributed by atoms with Gasteiger partial charge >= 0.3 is 0 Å². The van der Waals surface area contributed by atoms with Crippen LogP contribution in [0.4, 0.5) is 4.39 Å². The third-order valence-corrected chi connectivity index (χ3v) is 2.49. The Morgan fingerprint density at radius 2 is 2.25 bits per heavy atom. The lowest BCUT2D eigenvalue weighted by molar-refractivity contribution is 0.359. The highest BCUT2D eigenvalue weighted by Gasteiger charge is 2.14. The zero-order chi connectivity index (χ0) is 12.0. The molecule has 0 aliphatic rings. The topological polar surface area (TPSA) is 28.2 Å². The molecule has 0 saturated carbocycles. The van der Waals surface area contributed by atoms with E-state index in [4.69, 9.17) is 0 Å². The van der Waals surface area contributed by atoms with Gasteiger partial charge in [-0.2, -0.15) is 0 Å². The molecule has 0 saturated heterocycles. The highest BCUT2D eigenvalue weighted by Crippen LogP contribution is 2.19. The van der Waals surface area contributed by atoms with Crippen molar-refractivity contribution >= 4 is 0 Å². The highest BCUT2D eigenvalue weighted by atomic mass is 19.1. The van der Waals surface area contributed by atoms with E-state index in [-0.39, 0.29) is 11.9 Å². The molecule has 1 atom stereocenters. The normalized spacial score (nSPS) is 13.1. The summed E-state index contributed by atoms with van der Waals surface area (Å²) in [6.07, 6.45) is 3.80.